The summed E-state index contributed by atoms with van der Waals surface area (Å²) in [5.74, 6) is 2.08. The van der Waals surface area contributed by atoms with Crippen LogP contribution in [0.25, 0.3) is 44.4 Å². The van der Waals surface area contributed by atoms with Gasteiger partial charge in [-0.25, -0.2) is 4.98 Å². The topological polar surface area (TPSA) is 44.9 Å². The van der Waals surface area contributed by atoms with Crippen LogP contribution in [0, 0.1) is 24.5 Å². The van der Waals surface area contributed by atoms with Crippen molar-refractivity contribution in [1.29, 1.82) is 0 Å². The van der Waals surface area contributed by atoms with Crippen LogP contribution in [0.3, 0.4) is 0 Å². The fourth-order valence-corrected chi connectivity index (χ4v) is 6.27. The molecule has 0 N–H and O–H groups in total. The molecule has 0 fully saturated rings. The number of benzene rings is 4. The van der Waals surface area contributed by atoms with E-state index in [-0.39, 0.29) is 26.5 Å². The van der Waals surface area contributed by atoms with Gasteiger partial charge in [0.15, 0.2) is 0 Å². The Hall–Kier alpha value is -4.47. The summed E-state index contributed by atoms with van der Waals surface area (Å²) in [4.78, 5) is 4.70. The van der Waals surface area contributed by atoms with Crippen molar-refractivity contribution in [3.05, 3.63) is 132 Å². The van der Waals surface area contributed by atoms with Crippen LogP contribution in [-0.4, -0.2) is 19.3 Å². The van der Waals surface area contributed by atoms with Crippen molar-refractivity contribution in [3.63, 3.8) is 0 Å². The molecule has 0 aliphatic rings. The van der Waals surface area contributed by atoms with Crippen LogP contribution in [0.4, 0.5) is 0 Å². The van der Waals surface area contributed by atoms with Crippen LogP contribution in [0.2, 0.25) is 0 Å². The van der Waals surface area contributed by atoms with Gasteiger partial charge < -0.3 is 9.30 Å². The fourth-order valence-electron chi connectivity index (χ4n) is 6.27. The first kappa shape index (κ1) is 32.5. The second kappa shape index (κ2) is 13.3. The number of fused-ring (bicyclic) bond motifs is 3. The molecule has 0 saturated heterocycles. The normalized spacial score (nSPS) is 11.6. The number of hydrogen-bond donors (Lipinski definition) is 0. The summed E-state index contributed by atoms with van der Waals surface area (Å²) in [6.07, 6.45) is 4.65. The third-order valence-electron chi connectivity index (χ3n) is 8.19. The van der Waals surface area contributed by atoms with Gasteiger partial charge in [-0.15, -0.1) is 35.7 Å². The first-order valence-corrected chi connectivity index (χ1v) is 16.0. The van der Waals surface area contributed by atoms with Crippen molar-refractivity contribution >= 4 is 21.8 Å². The van der Waals surface area contributed by atoms with Gasteiger partial charge in [-0.05, 0) is 65.6 Å². The number of hydrogen-bond acceptors (Lipinski definition) is 3. The number of rotatable bonds is 8. The van der Waals surface area contributed by atoms with Gasteiger partial charge in [-0.2, -0.15) is 17.2 Å². The van der Waals surface area contributed by atoms with Crippen LogP contribution in [0.15, 0.2) is 103 Å². The van der Waals surface area contributed by atoms with E-state index in [1.165, 1.54) is 16.8 Å². The maximum atomic E-state index is 6.48. The van der Waals surface area contributed by atoms with Gasteiger partial charge in [-0.1, -0.05) is 88.2 Å². The molecule has 7 aromatic rings. The SMILES string of the molecule is CCCc1nn(-c2[c-]c(Oc3[c-]c4c(cc3)c3ccccc3n4-c3cc(C)ccn3)ccc2)c(CC(C)(C)C)c1-c1ccccc1.[Pt+2]. The van der Waals surface area contributed by atoms with E-state index < -0.39 is 0 Å². The molecular formula is C41H38N4OPt. The van der Waals surface area contributed by atoms with Crippen LogP contribution >= 0.6 is 0 Å². The summed E-state index contributed by atoms with van der Waals surface area (Å²) in [5.41, 5.74) is 8.81. The number of para-hydroxylation sites is 1. The molecule has 5 nitrogen and oxygen atoms in total. The molecule has 3 heterocycles. The Bertz CT molecular complexity index is 2170. The van der Waals surface area contributed by atoms with Crippen LogP contribution < -0.4 is 4.74 Å². The molecule has 0 amide bonds. The summed E-state index contributed by atoms with van der Waals surface area (Å²) in [7, 11) is 0. The molecule has 0 saturated carbocycles. The van der Waals surface area contributed by atoms with Gasteiger partial charge >= 0.3 is 21.1 Å². The van der Waals surface area contributed by atoms with E-state index in [1.807, 2.05) is 30.5 Å². The maximum absolute atomic E-state index is 6.48. The van der Waals surface area contributed by atoms with E-state index in [9.17, 15) is 0 Å². The first-order chi connectivity index (χ1) is 22.3. The smallest absolute Gasteiger partial charge is 0.509 e. The second-order valence-corrected chi connectivity index (χ2v) is 13.2. The van der Waals surface area contributed by atoms with E-state index in [4.69, 9.17) is 14.8 Å². The zero-order chi connectivity index (χ0) is 31.8. The van der Waals surface area contributed by atoms with E-state index in [0.717, 1.165) is 63.8 Å². The Kier molecular flexibility index (Phi) is 9.21. The molecule has 0 atom stereocenters. The van der Waals surface area contributed by atoms with Gasteiger partial charge in [0.1, 0.15) is 5.82 Å². The van der Waals surface area contributed by atoms with Gasteiger partial charge in [0.2, 0.25) is 0 Å². The van der Waals surface area contributed by atoms with Crippen LogP contribution in [0.1, 0.15) is 51.1 Å². The average Bonchev–Trinajstić information content (AvgIpc) is 3.55. The minimum absolute atomic E-state index is 0. The Morgan fingerprint density at radius 2 is 1.57 bits per heavy atom. The van der Waals surface area contributed by atoms with Crippen molar-refractivity contribution in [2.75, 3.05) is 0 Å². The molecule has 238 valence electrons. The van der Waals surface area contributed by atoms with Crippen LogP contribution in [0.5, 0.6) is 11.5 Å². The quantitative estimate of drug-likeness (QED) is 0.144. The predicted molar refractivity (Wildman–Crippen MR) is 187 cm³/mol. The Balaban J connectivity index is 0.00000386. The van der Waals surface area contributed by atoms with Crippen molar-refractivity contribution in [1.82, 2.24) is 19.3 Å². The molecule has 0 aliphatic carbocycles. The number of nitrogens with zero attached hydrogens (tertiary/aromatic N) is 4. The largest absolute Gasteiger partial charge is 2.00 e. The van der Waals surface area contributed by atoms with Crippen LogP contribution in [-0.2, 0) is 33.9 Å². The molecule has 0 aliphatic heterocycles. The summed E-state index contributed by atoms with van der Waals surface area (Å²) in [6, 6.07) is 40.4. The van der Waals surface area contributed by atoms with E-state index in [1.54, 1.807) is 0 Å². The zero-order valence-electron chi connectivity index (χ0n) is 27.4. The molecule has 0 spiro atoms. The zero-order valence-corrected chi connectivity index (χ0v) is 29.7. The minimum Gasteiger partial charge on any atom is -0.509 e. The minimum atomic E-state index is 0. The van der Waals surface area contributed by atoms with Crippen molar-refractivity contribution < 1.29 is 25.8 Å². The molecule has 6 heteroatoms. The Morgan fingerprint density at radius 3 is 2.34 bits per heavy atom. The average molecular weight is 798 g/mol. The number of ether oxygens (including phenoxy) is 1. The van der Waals surface area contributed by atoms with Gasteiger partial charge in [0, 0.05) is 28.8 Å². The fraction of sp³-hybridized carbons (Fsp3) is 0.220. The van der Waals surface area contributed by atoms with Crippen molar-refractivity contribution in [2.45, 2.75) is 53.9 Å². The van der Waals surface area contributed by atoms with E-state index in [0.29, 0.717) is 11.5 Å². The van der Waals surface area contributed by atoms with E-state index >= 15 is 0 Å². The molecule has 0 unspecified atom stereocenters. The second-order valence-electron chi connectivity index (χ2n) is 13.2. The Morgan fingerprint density at radius 1 is 0.809 bits per heavy atom. The molecule has 4 aromatic carbocycles. The summed E-state index contributed by atoms with van der Waals surface area (Å²) in [6.45, 7) is 11.1. The number of aromatic nitrogens is 4. The summed E-state index contributed by atoms with van der Waals surface area (Å²) in [5, 5.41) is 7.46. The molecule has 3 aromatic heterocycles. The number of aryl methyl sites for hydroxylation is 2. The Labute approximate surface area is 291 Å². The summed E-state index contributed by atoms with van der Waals surface area (Å²) >= 11 is 0. The molecule has 0 radical (unpaired) electrons. The predicted octanol–water partition coefficient (Wildman–Crippen LogP) is 10.3. The summed E-state index contributed by atoms with van der Waals surface area (Å²) < 4.78 is 10.7. The van der Waals surface area contributed by atoms with E-state index in [2.05, 4.69) is 129 Å². The van der Waals surface area contributed by atoms with Crippen molar-refractivity contribution in [2.24, 2.45) is 5.41 Å². The third-order valence-corrected chi connectivity index (χ3v) is 8.19. The first-order valence-electron chi connectivity index (χ1n) is 16.0. The van der Waals surface area contributed by atoms with Gasteiger partial charge in [0.25, 0.3) is 0 Å². The molecule has 7 rings (SSSR count). The maximum Gasteiger partial charge on any atom is 2.00 e. The third kappa shape index (κ3) is 6.55. The van der Waals surface area contributed by atoms with Gasteiger partial charge in [-0.3, -0.25) is 4.68 Å². The monoisotopic (exact) mass is 797 g/mol. The van der Waals surface area contributed by atoms with Gasteiger partial charge in [0.05, 0.1) is 11.4 Å². The standard InChI is InChI=1S/C41H38N4O.Pt/c1-6-13-35-40(29-14-8-7-9-15-29)38(27-41(3,4)5)45(43-35)30-16-12-17-31(25-30)46-32-20-21-34-33-18-10-11-19-36(33)44(37(34)26-32)39-24-28(2)22-23-42-39;/h7-12,14-24H,6,13,27H2,1-5H3;/q-2;+2. The molecular weight excluding hydrogens is 760 g/mol. The van der Waals surface area contributed by atoms with Crippen molar-refractivity contribution in [3.8, 4) is 34.1 Å². The molecule has 47 heavy (non-hydrogen) atoms. The molecule has 0 bridgehead atoms. The number of pyridine rings is 1.